The summed E-state index contributed by atoms with van der Waals surface area (Å²) < 4.78 is 13.3. The molecule has 22 heavy (non-hydrogen) atoms. The molecule has 0 unspecified atom stereocenters. The first-order chi connectivity index (χ1) is 10.5. The first kappa shape index (κ1) is 14.2. The van der Waals surface area contributed by atoms with Crippen LogP contribution in [0.5, 0.6) is 0 Å². The lowest BCUT2D eigenvalue weighted by Gasteiger charge is -2.09. The molecule has 1 aromatic carbocycles. The quantitative estimate of drug-likeness (QED) is 0.755. The van der Waals surface area contributed by atoms with Gasteiger partial charge in [0.1, 0.15) is 17.2 Å². The Morgan fingerprint density at radius 2 is 2.09 bits per heavy atom. The number of amides is 1. The highest BCUT2D eigenvalue weighted by atomic mass is 19.1. The smallest absolute Gasteiger partial charge is 0.270 e. The topological polar surface area (TPSA) is 91.9 Å². The zero-order valence-corrected chi connectivity index (χ0v) is 11.8. The summed E-state index contributed by atoms with van der Waals surface area (Å²) in [4.78, 5) is 16.2. The number of halogens is 1. The molecule has 0 saturated heterocycles. The van der Waals surface area contributed by atoms with Crippen molar-refractivity contribution in [2.24, 2.45) is 0 Å². The number of carbonyl (C=O) groups excluding carboxylic acids is 1. The van der Waals surface area contributed by atoms with Crippen molar-refractivity contribution in [3.05, 3.63) is 59.2 Å². The number of carbonyl (C=O) groups is 1. The zero-order valence-electron chi connectivity index (χ0n) is 11.8. The van der Waals surface area contributed by atoms with E-state index in [4.69, 9.17) is 11.1 Å². The number of nitrogens with two attached hydrogens (primary N) is 1. The Kier molecular flexibility index (Phi) is 3.58. The van der Waals surface area contributed by atoms with Crippen molar-refractivity contribution in [2.75, 3.05) is 5.73 Å². The van der Waals surface area contributed by atoms with Crippen LogP contribution in [-0.2, 0) is 0 Å². The molecule has 1 amide bonds. The summed E-state index contributed by atoms with van der Waals surface area (Å²) >= 11 is 0. The molecular weight excluding hydrogens is 283 g/mol. The van der Waals surface area contributed by atoms with Gasteiger partial charge in [-0.05, 0) is 37.1 Å². The fourth-order valence-electron chi connectivity index (χ4n) is 2.06. The zero-order chi connectivity index (χ0) is 15.7. The van der Waals surface area contributed by atoms with Gasteiger partial charge < -0.3 is 11.1 Å². The monoisotopic (exact) mass is 298 g/mol. The highest BCUT2D eigenvalue weighted by Gasteiger charge is 2.25. The number of anilines is 1. The van der Waals surface area contributed by atoms with Gasteiger partial charge in [0.25, 0.3) is 5.91 Å². The molecule has 4 N–H and O–H groups in total. The average Bonchev–Trinajstić information content (AvgIpc) is 3.31. The number of hydrogen-bond donors (Lipinski definition) is 3. The van der Waals surface area contributed by atoms with E-state index in [2.05, 4.69) is 10.3 Å². The van der Waals surface area contributed by atoms with Crippen LogP contribution in [0.4, 0.5) is 10.1 Å². The molecule has 6 heteroatoms. The molecular formula is C16H15FN4O. The molecule has 3 rings (SSSR count). The van der Waals surface area contributed by atoms with Crippen molar-refractivity contribution in [3.63, 3.8) is 0 Å². The van der Waals surface area contributed by atoms with Crippen LogP contribution in [0, 0.1) is 11.2 Å². The lowest BCUT2D eigenvalue weighted by Crippen LogP contribution is -2.27. The van der Waals surface area contributed by atoms with E-state index in [1.54, 1.807) is 6.07 Å². The molecule has 0 bridgehead atoms. The van der Waals surface area contributed by atoms with Gasteiger partial charge in [0.2, 0.25) is 0 Å². The second-order valence-corrected chi connectivity index (χ2v) is 5.27. The molecule has 0 radical (unpaired) electrons. The van der Waals surface area contributed by atoms with Crippen LogP contribution >= 0.6 is 0 Å². The molecule has 1 aliphatic carbocycles. The number of pyridine rings is 1. The molecule has 2 aromatic rings. The van der Waals surface area contributed by atoms with Crippen LogP contribution in [0.2, 0.25) is 0 Å². The lowest BCUT2D eigenvalue weighted by atomic mass is 10.1. The van der Waals surface area contributed by atoms with Gasteiger partial charge in [0.05, 0.1) is 11.4 Å². The molecule has 1 heterocycles. The van der Waals surface area contributed by atoms with Crippen molar-refractivity contribution < 1.29 is 9.18 Å². The molecule has 112 valence electrons. The number of aromatic nitrogens is 1. The van der Waals surface area contributed by atoms with Crippen LogP contribution in [0.15, 0.2) is 36.4 Å². The molecule has 1 aromatic heterocycles. The van der Waals surface area contributed by atoms with Crippen molar-refractivity contribution in [2.45, 2.75) is 18.9 Å². The maximum absolute atomic E-state index is 13.3. The maximum atomic E-state index is 13.3. The van der Waals surface area contributed by atoms with Gasteiger partial charge in [-0.2, -0.15) is 0 Å². The van der Waals surface area contributed by atoms with Gasteiger partial charge in [-0.15, -0.1) is 0 Å². The number of rotatable bonds is 4. The van der Waals surface area contributed by atoms with Crippen molar-refractivity contribution in [1.29, 1.82) is 5.41 Å². The molecule has 1 saturated carbocycles. The Hall–Kier alpha value is -2.76. The van der Waals surface area contributed by atoms with Crippen LogP contribution in [0.25, 0.3) is 0 Å². The summed E-state index contributed by atoms with van der Waals surface area (Å²) in [5.41, 5.74) is 6.85. The van der Waals surface area contributed by atoms with E-state index < -0.39 is 5.82 Å². The molecule has 0 aliphatic heterocycles. The minimum atomic E-state index is -0.441. The van der Waals surface area contributed by atoms with Crippen LogP contribution < -0.4 is 11.1 Å². The van der Waals surface area contributed by atoms with E-state index in [1.165, 1.54) is 30.3 Å². The molecule has 1 fully saturated rings. The predicted molar refractivity (Wildman–Crippen MR) is 81.5 cm³/mol. The second-order valence-electron chi connectivity index (χ2n) is 5.27. The third kappa shape index (κ3) is 2.95. The van der Waals surface area contributed by atoms with Gasteiger partial charge in [-0.1, -0.05) is 12.1 Å². The van der Waals surface area contributed by atoms with E-state index in [-0.39, 0.29) is 34.7 Å². The van der Waals surface area contributed by atoms with Crippen molar-refractivity contribution >= 4 is 17.3 Å². The minimum Gasteiger partial charge on any atom is -0.397 e. The summed E-state index contributed by atoms with van der Waals surface area (Å²) in [7, 11) is 0. The van der Waals surface area contributed by atoms with Gasteiger partial charge in [0, 0.05) is 11.6 Å². The molecule has 0 atom stereocenters. The summed E-state index contributed by atoms with van der Waals surface area (Å²) in [5.74, 6) is -0.723. The number of nitrogens with one attached hydrogen (secondary N) is 2. The van der Waals surface area contributed by atoms with Crippen LogP contribution in [0.1, 0.15) is 34.6 Å². The van der Waals surface area contributed by atoms with Gasteiger partial charge in [-0.3, -0.25) is 10.2 Å². The Morgan fingerprint density at radius 3 is 2.77 bits per heavy atom. The summed E-state index contributed by atoms with van der Waals surface area (Å²) in [6, 6.07) is 8.93. The maximum Gasteiger partial charge on any atom is 0.270 e. The summed E-state index contributed by atoms with van der Waals surface area (Å²) in [6.45, 7) is 0. The van der Waals surface area contributed by atoms with E-state index in [9.17, 15) is 9.18 Å². The van der Waals surface area contributed by atoms with Gasteiger partial charge in [-0.25, -0.2) is 9.37 Å². The van der Waals surface area contributed by atoms with Crippen LogP contribution in [-0.4, -0.2) is 22.6 Å². The Bertz CT molecular complexity index is 756. The van der Waals surface area contributed by atoms with E-state index in [0.717, 1.165) is 12.8 Å². The number of nitrogen functional groups attached to an aromatic ring is 1. The summed E-state index contributed by atoms with van der Waals surface area (Å²) in [6.07, 6.45) is 1.96. The highest BCUT2D eigenvalue weighted by Crippen LogP contribution is 2.20. The predicted octanol–water partition coefficient (Wildman–Crippen LogP) is 2.11. The van der Waals surface area contributed by atoms with Gasteiger partial charge >= 0.3 is 0 Å². The Morgan fingerprint density at radius 1 is 1.32 bits per heavy atom. The second kappa shape index (κ2) is 5.55. The van der Waals surface area contributed by atoms with Crippen LogP contribution in [0.3, 0.4) is 0 Å². The first-order valence-electron chi connectivity index (χ1n) is 6.97. The highest BCUT2D eigenvalue weighted by molar-refractivity contribution is 6.13. The number of benzene rings is 1. The lowest BCUT2D eigenvalue weighted by molar-refractivity contribution is 0.0946. The SMILES string of the molecule is N=C(c1cccc(F)c1)c1nc(C(=O)NC2CC2)ccc1N. The Labute approximate surface area is 126 Å². The van der Waals surface area contributed by atoms with E-state index in [0.29, 0.717) is 5.56 Å². The largest absolute Gasteiger partial charge is 0.397 e. The molecule has 5 nitrogen and oxygen atoms in total. The first-order valence-corrected chi connectivity index (χ1v) is 6.97. The Balaban J connectivity index is 1.91. The summed E-state index contributed by atoms with van der Waals surface area (Å²) in [5, 5.41) is 11.0. The van der Waals surface area contributed by atoms with E-state index >= 15 is 0 Å². The standard InChI is InChI=1S/C16H15FN4O/c17-10-3-1-2-9(8-10)14(19)15-12(18)6-7-13(21-15)16(22)20-11-4-5-11/h1-3,6-8,11,19H,4-5,18H2,(H,20,22). The molecule has 0 spiro atoms. The third-order valence-corrected chi connectivity index (χ3v) is 3.42. The van der Waals surface area contributed by atoms with Crippen molar-refractivity contribution in [1.82, 2.24) is 10.3 Å². The number of nitrogens with zero attached hydrogens (tertiary/aromatic N) is 1. The fourth-order valence-corrected chi connectivity index (χ4v) is 2.06. The normalized spacial score (nSPS) is 13.7. The van der Waals surface area contributed by atoms with Crippen molar-refractivity contribution in [3.8, 4) is 0 Å². The third-order valence-electron chi connectivity index (χ3n) is 3.42. The molecule has 1 aliphatic rings. The average molecular weight is 298 g/mol. The van der Waals surface area contributed by atoms with Gasteiger partial charge in [0.15, 0.2) is 0 Å². The van der Waals surface area contributed by atoms with E-state index in [1.807, 2.05) is 0 Å². The fraction of sp³-hybridized carbons (Fsp3) is 0.188. The minimum absolute atomic E-state index is 0.0157. The number of hydrogen-bond acceptors (Lipinski definition) is 4.